The third kappa shape index (κ3) is 6.81. The third-order valence-corrected chi connectivity index (χ3v) is 1.23. The van der Waals surface area contributed by atoms with E-state index in [0.717, 1.165) is 18.6 Å². The Bertz CT molecular complexity index is 201. The molecule has 0 bridgehead atoms. The molecule has 0 atom stereocenters. The molecule has 0 N–H and O–H groups in total. The summed E-state index contributed by atoms with van der Waals surface area (Å²) in [5.74, 6) is 0.0787. The Balaban J connectivity index is 3.46. The zero-order chi connectivity index (χ0) is 9.40. The topological polar surface area (TPSA) is 50.1 Å². The van der Waals surface area contributed by atoms with Crippen LogP contribution in [0.2, 0.25) is 0 Å². The molecule has 0 aliphatic carbocycles. The number of nitriles is 1. The molecule has 66 valence electrons. The number of nitrogens with zero attached hydrogens (tertiary/aromatic N) is 1. The van der Waals surface area contributed by atoms with Gasteiger partial charge in [-0.3, -0.25) is 0 Å². The molecule has 0 rings (SSSR count). The molecule has 0 fully saturated rings. The lowest BCUT2D eigenvalue weighted by Gasteiger charge is -2.03. The molecule has 3 nitrogen and oxygen atoms in total. The summed E-state index contributed by atoms with van der Waals surface area (Å²) in [6.07, 6.45) is 3.09. The van der Waals surface area contributed by atoms with Crippen LogP contribution in [0.15, 0.2) is 12.2 Å². The van der Waals surface area contributed by atoms with Crippen molar-refractivity contribution in [2.45, 2.75) is 20.3 Å². The largest absolute Gasteiger partial charge is 0.463 e. The highest BCUT2D eigenvalue weighted by atomic mass is 16.5. The first-order chi connectivity index (χ1) is 5.66. The van der Waals surface area contributed by atoms with Gasteiger partial charge in [-0.2, -0.15) is 5.26 Å². The molecule has 0 aromatic heterocycles. The van der Waals surface area contributed by atoms with Crippen molar-refractivity contribution in [2.75, 3.05) is 6.61 Å². The number of allylic oxidation sites excluding steroid dienone is 1. The number of hydrogen-bond donors (Lipinski definition) is 0. The van der Waals surface area contributed by atoms with Crippen LogP contribution >= 0.6 is 0 Å². The van der Waals surface area contributed by atoms with Crippen LogP contribution in [0.5, 0.6) is 0 Å². The van der Waals surface area contributed by atoms with E-state index in [9.17, 15) is 4.79 Å². The van der Waals surface area contributed by atoms with Crippen LogP contribution in [-0.2, 0) is 9.53 Å². The lowest BCUT2D eigenvalue weighted by atomic mass is 10.1. The Morgan fingerprint density at radius 3 is 2.83 bits per heavy atom. The van der Waals surface area contributed by atoms with Gasteiger partial charge in [-0.05, 0) is 12.3 Å². The first-order valence-electron chi connectivity index (χ1n) is 3.89. The predicted molar refractivity (Wildman–Crippen MR) is 45.2 cm³/mol. The van der Waals surface area contributed by atoms with E-state index in [1.807, 2.05) is 0 Å². The fourth-order valence-electron chi connectivity index (χ4n) is 0.549. The van der Waals surface area contributed by atoms with Crippen LogP contribution in [0.25, 0.3) is 0 Å². The summed E-state index contributed by atoms with van der Waals surface area (Å²) in [5, 5.41) is 8.08. The van der Waals surface area contributed by atoms with E-state index in [1.54, 1.807) is 6.07 Å². The molecule has 0 aliphatic heterocycles. The molecule has 0 aromatic rings. The van der Waals surface area contributed by atoms with Crippen molar-refractivity contribution in [1.29, 1.82) is 5.26 Å². The minimum atomic E-state index is -0.447. The highest BCUT2D eigenvalue weighted by molar-refractivity contribution is 5.82. The average molecular weight is 167 g/mol. The molecular weight excluding hydrogens is 154 g/mol. The van der Waals surface area contributed by atoms with Crippen LogP contribution in [-0.4, -0.2) is 12.6 Å². The molecule has 0 aromatic carbocycles. The van der Waals surface area contributed by atoms with Gasteiger partial charge >= 0.3 is 5.97 Å². The van der Waals surface area contributed by atoms with Gasteiger partial charge in [0.05, 0.1) is 12.7 Å². The van der Waals surface area contributed by atoms with Crippen molar-refractivity contribution in [1.82, 2.24) is 0 Å². The minimum absolute atomic E-state index is 0.423. The van der Waals surface area contributed by atoms with Gasteiger partial charge in [0.15, 0.2) is 0 Å². The monoisotopic (exact) mass is 167 g/mol. The number of ether oxygens (including phenoxy) is 1. The second-order valence-corrected chi connectivity index (χ2v) is 2.81. The van der Waals surface area contributed by atoms with Crippen LogP contribution in [0.3, 0.4) is 0 Å². The van der Waals surface area contributed by atoms with E-state index in [4.69, 9.17) is 10.00 Å². The van der Waals surface area contributed by atoms with E-state index in [1.165, 1.54) is 0 Å². The van der Waals surface area contributed by atoms with Gasteiger partial charge < -0.3 is 4.74 Å². The molecule has 0 spiro atoms. The van der Waals surface area contributed by atoms with Crippen molar-refractivity contribution < 1.29 is 9.53 Å². The molecule has 0 saturated carbocycles. The lowest BCUT2D eigenvalue weighted by molar-refractivity contribution is -0.138. The number of carbonyl (C=O) groups excluding carboxylic acids is 1. The van der Waals surface area contributed by atoms with Crippen molar-refractivity contribution in [2.24, 2.45) is 5.92 Å². The summed E-state index contributed by atoms with van der Waals surface area (Å²) in [5.41, 5.74) is 0. The molecule has 0 unspecified atom stereocenters. The quantitative estimate of drug-likeness (QED) is 0.363. The molecule has 12 heavy (non-hydrogen) atoms. The highest BCUT2D eigenvalue weighted by Gasteiger charge is 1.97. The maximum absolute atomic E-state index is 10.7. The second kappa shape index (κ2) is 6.41. The van der Waals surface area contributed by atoms with Gasteiger partial charge in [0.25, 0.3) is 0 Å². The minimum Gasteiger partial charge on any atom is -0.463 e. The van der Waals surface area contributed by atoms with Crippen molar-refractivity contribution in [3.63, 3.8) is 0 Å². The SMILES string of the molecule is CC(C)CCOC(=O)C=CC#N. The molecular formula is C9H13NO2. The van der Waals surface area contributed by atoms with E-state index < -0.39 is 5.97 Å². The zero-order valence-corrected chi connectivity index (χ0v) is 7.41. The Labute approximate surface area is 72.6 Å². The Hall–Kier alpha value is -1.30. The van der Waals surface area contributed by atoms with Crippen molar-refractivity contribution in [3.05, 3.63) is 12.2 Å². The predicted octanol–water partition coefficient (Wildman–Crippen LogP) is 1.66. The third-order valence-electron chi connectivity index (χ3n) is 1.23. The van der Waals surface area contributed by atoms with E-state index >= 15 is 0 Å². The number of rotatable bonds is 4. The van der Waals surface area contributed by atoms with Gasteiger partial charge in [-0.25, -0.2) is 4.79 Å². The number of esters is 1. The van der Waals surface area contributed by atoms with Gasteiger partial charge in [-0.1, -0.05) is 13.8 Å². The molecule has 0 heterocycles. The molecule has 0 saturated heterocycles. The summed E-state index contributed by atoms with van der Waals surface area (Å²) in [6.45, 7) is 4.53. The van der Waals surface area contributed by atoms with E-state index in [-0.39, 0.29) is 0 Å². The lowest BCUT2D eigenvalue weighted by Crippen LogP contribution is -2.04. The summed E-state index contributed by atoms with van der Waals surface area (Å²) < 4.78 is 4.78. The second-order valence-electron chi connectivity index (χ2n) is 2.81. The highest BCUT2D eigenvalue weighted by Crippen LogP contribution is 1.98. The van der Waals surface area contributed by atoms with Gasteiger partial charge in [0, 0.05) is 12.2 Å². The maximum atomic E-state index is 10.7. The molecule has 0 aliphatic rings. The smallest absolute Gasteiger partial charge is 0.331 e. The maximum Gasteiger partial charge on any atom is 0.331 e. The summed E-state index contributed by atoms with van der Waals surface area (Å²) >= 11 is 0. The summed E-state index contributed by atoms with van der Waals surface area (Å²) in [4.78, 5) is 10.7. The summed E-state index contributed by atoms with van der Waals surface area (Å²) in [6, 6.07) is 1.72. The van der Waals surface area contributed by atoms with Crippen LogP contribution in [0.4, 0.5) is 0 Å². The fraction of sp³-hybridized carbons (Fsp3) is 0.556. The van der Waals surface area contributed by atoms with Crippen LogP contribution < -0.4 is 0 Å². The van der Waals surface area contributed by atoms with Gasteiger partial charge in [0.2, 0.25) is 0 Å². The molecule has 0 amide bonds. The van der Waals surface area contributed by atoms with E-state index in [0.29, 0.717) is 12.5 Å². The number of hydrogen-bond acceptors (Lipinski definition) is 3. The Morgan fingerprint density at radius 1 is 1.67 bits per heavy atom. The van der Waals surface area contributed by atoms with Gasteiger partial charge in [-0.15, -0.1) is 0 Å². The number of carbonyl (C=O) groups is 1. The normalized spacial score (nSPS) is 10.2. The van der Waals surface area contributed by atoms with Crippen molar-refractivity contribution in [3.8, 4) is 6.07 Å². The zero-order valence-electron chi connectivity index (χ0n) is 7.41. The first kappa shape index (κ1) is 10.7. The van der Waals surface area contributed by atoms with Gasteiger partial charge in [0.1, 0.15) is 0 Å². The first-order valence-corrected chi connectivity index (χ1v) is 3.89. The Kier molecular flexibility index (Phi) is 5.72. The Morgan fingerprint density at radius 2 is 2.33 bits per heavy atom. The average Bonchev–Trinajstić information content (AvgIpc) is 2.00. The summed E-state index contributed by atoms with van der Waals surface area (Å²) in [7, 11) is 0. The van der Waals surface area contributed by atoms with Crippen molar-refractivity contribution >= 4 is 5.97 Å². The molecule has 3 heteroatoms. The van der Waals surface area contributed by atoms with Crippen LogP contribution in [0.1, 0.15) is 20.3 Å². The van der Waals surface area contributed by atoms with E-state index in [2.05, 4.69) is 13.8 Å². The van der Waals surface area contributed by atoms with Crippen LogP contribution in [0, 0.1) is 17.2 Å². The standard InChI is InChI=1S/C9H13NO2/c1-8(2)5-7-12-9(11)4-3-6-10/h3-4,8H,5,7H2,1-2H3. The fourth-order valence-corrected chi connectivity index (χ4v) is 0.549. The molecule has 0 radical (unpaired) electrons.